The molecule has 1 aromatic heterocycles. The number of hydrogen-bond acceptors (Lipinski definition) is 4. The van der Waals surface area contributed by atoms with Crippen LogP contribution in [0.4, 0.5) is 11.4 Å². The Morgan fingerprint density at radius 2 is 1.86 bits per heavy atom. The molecule has 2 heterocycles. The lowest BCUT2D eigenvalue weighted by Crippen LogP contribution is -2.60. The molecule has 2 amide bonds. The van der Waals surface area contributed by atoms with Gasteiger partial charge in [0.15, 0.2) is 5.16 Å². The zero-order valence-corrected chi connectivity index (χ0v) is 17.8. The highest BCUT2D eigenvalue weighted by Crippen LogP contribution is 2.39. The van der Waals surface area contributed by atoms with Crippen molar-refractivity contribution in [2.75, 3.05) is 10.2 Å². The van der Waals surface area contributed by atoms with Gasteiger partial charge in [0.25, 0.3) is 0 Å². The van der Waals surface area contributed by atoms with Crippen molar-refractivity contribution in [1.82, 2.24) is 9.55 Å². The number of carbonyl (C=O) groups is 2. The number of aromatic nitrogens is 2. The molecule has 0 saturated heterocycles. The summed E-state index contributed by atoms with van der Waals surface area (Å²) in [7, 11) is 0. The predicted molar refractivity (Wildman–Crippen MR) is 117 cm³/mol. The lowest BCUT2D eigenvalue weighted by atomic mass is 9.96. The van der Waals surface area contributed by atoms with E-state index >= 15 is 0 Å². The second-order valence-electron chi connectivity index (χ2n) is 7.59. The maximum atomic E-state index is 13.5. The van der Waals surface area contributed by atoms with Crippen LogP contribution in [0.15, 0.2) is 53.7 Å². The second kappa shape index (κ2) is 7.22. The topological polar surface area (TPSA) is 67.2 Å². The molecular formula is C22H24N4O2S. The van der Waals surface area contributed by atoms with Gasteiger partial charge in [-0.25, -0.2) is 4.98 Å². The number of nitrogens with one attached hydrogen (secondary N) is 1. The molecule has 7 heteroatoms. The second-order valence-corrected chi connectivity index (χ2v) is 8.90. The molecule has 0 bridgehead atoms. The molecule has 1 N–H and O–H groups in total. The van der Waals surface area contributed by atoms with E-state index in [-0.39, 0.29) is 11.8 Å². The Morgan fingerprint density at radius 1 is 1.17 bits per heavy atom. The third-order valence-corrected chi connectivity index (χ3v) is 6.37. The van der Waals surface area contributed by atoms with E-state index in [1.807, 2.05) is 55.5 Å². The molecule has 1 unspecified atom stereocenters. The maximum absolute atomic E-state index is 13.5. The van der Waals surface area contributed by atoms with Gasteiger partial charge in [0.2, 0.25) is 11.8 Å². The number of rotatable bonds is 4. The van der Waals surface area contributed by atoms with Gasteiger partial charge >= 0.3 is 0 Å². The molecule has 6 nitrogen and oxygen atoms in total. The molecule has 4 rings (SSSR count). The molecule has 1 aliphatic rings. The fraction of sp³-hybridized carbons (Fsp3) is 0.318. The maximum Gasteiger partial charge on any atom is 0.250 e. The number of anilines is 2. The smallest absolute Gasteiger partial charge is 0.250 e. The van der Waals surface area contributed by atoms with Crippen molar-refractivity contribution >= 4 is 46.0 Å². The molecule has 0 spiro atoms. The SMILES string of the molecule is CCn1c(SC(C)C(=O)N2c3ccccc3NC(=O)C2(C)C)nc2ccccc21. The molecule has 150 valence electrons. The Labute approximate surface area is 174 Å². The number of nitrogens with zero attached hydrogens (tertiary/aromatic N) is 3. The van der Waals surface area contributed by atoms with Crippen LogP contribution in [0.3, 0.4) is 0 Å². The Hall–Kier alpha value is -2.80. The summed E-state index contributed by atoms with van der Waals surface area (Å²) >= 11 is 1.43. The van der Waals surface area contributed by atoms with E-state index in [2.05, 4.69) is 16.8 Å². The summed E-state index contributed by atoms with van der Waals surface area (Å²) in [5.41, 5.74) is 2.37. The summed E-state index contributed by atoms with van der Waals surface area (Å²) in [4.78, 5) is 32.5. The molecule has 0 saturated carbocycles. The van der Waals surface area contributed by atoms with Crippen molar-refractivity contribution < 1.29 is 9.59 Å². The number of carbonyl (C=O) groups excluding carboxylic acids is 2. The average molecular weight is 409 g/mol. The van der Waals surface area contributed by atoms with Gasteiger partial charge in [-0.2, -0.15) is 0 Å². The first-order valence-corrected chi connectivity index (χ1v) is 10.6. The minimum Gasteiger partial charge on any atom is -0.322 e. The molecular weight excluding hydrogens is 384 g/mol. The number of fused-ring (bicyclic) bond motifs is 2. The van der Waals surface area contributed by atoms with Crippen molar-refractivity contribution in [3.05, 3.63) is 48.5 Å². The molecule has 3 aromatic rings. The highest BCUT2D eigenvalue weighted by Gasteiger charge is 2.44. The molecule has 0 aliphatic carbocycles. The number of hydrogen-bond donors (Lipinski definition) is 1. The van der Waals surface area contributed by atoms with Gasteiger partial charge in [0.05, 0.1) is 27.7 Å². The first kappa shape index (κ1) is 19.5. The first-order valence-electron chi connectivity index (χ1n) is 9.71. The molecule has 0 radical (unpaired) electrons. The van der Waals surface area contributed by atoms with Crippen LogP contribution in [0.25, 0.3) is 11.0 Å². The van der Waals surface area contributed by atoms with Crippen molar-refractivity contribution in [3.8, 4) is 0 Å². The van der Waals surface area contributed by atoms with Gasteiger partial charge in [0, 0.05) is 6.54 Å². The summed E-state index contributed by atoms with van der Waals surface area (Å²) < 4.78 is 2.12. The van der Waals surface area contributed by atoms with E-state index in [9.17, 15) is 9.59 Å². The van der Waals surface area contributed by atoms with Crippen LogP contribution in [-0.2, 0) is 16.1 Å². The molecule has 29 heavy (non-hydrogen) atoms. The van der Waals surface area contributed by atoms with Gasteiger partial charge in [-0.05, 0) is 52.0 Å². The minimum atomic E-state index is -0.981. The number of thioether (sulfide) groups is 1. The van der Waals surface area contributed by atoms with Crippen molar-refractivity contribution in [2.24, 2.45) is 0 Å². The highest BCUT2D eigenvalue weighted by atomic mass is 32.2. The van der Waals surface area contributed by atoms with Gasteiger partial charge in [0.1, 0.15) is 5.54 Å². The zero-order chi connectivity index (χ0) is 20.8. The third kappa shape index (κ3) is 3.19. The van der Waals surface area contributed by atoms with Gasteiger partial charge < -0.3 is 9.88 Å². The van der Waals surface area contributed by atoms with E-state index < -0.39 is 10.8 Å². The summed E-state index contributed by atoms with van der Waals surface area (Å²) in [6.45, 7) is 8.25. The largest absolute Gasteiger partial charge is 0.322 e. The van der Waals surface area contributed by atoms with Crippen LogP contribution in [0.1, 0.15) is 27.7 Å². The van der Waals surface area contributed by atoms with Crippen molar-refractivity contribution in [1.29, 1.82) is 0 Å². The first-order chi connectivity index (χ1) is 13.8. The monoisotopic (exact) mass is 408 g/mol. The molecule has 1 atom stereocenters. The highest BCUT2D eigenvalue weighted by molar-refractivity contribution is 8.00. The summed E-state index contributed by atoms with van der Waals surface area (Å²) in [5, 5.41) is 3.30. The molecule has 2 aromatic carbocycles. The summed E-state index contributed by atoms with van der Waals surface area (Å²) in [6.07, 6.45) is 0. The summed E-state index contributed by atoms with van der Waals surface area (Å²) in [6, 6.07) is 15.4. The van der Waals surface area contributed by atoms with Crippen LogP contribution in [0.5, 0.6) is 0 Å². The van der Waals surface area contributed by atoms with Crippen LogP contribution in [0, 0.1) is 0 Å². The predicted octanol–water partition coefficient (Wildman–Crippen LogP) is 4.30. The fourth-order valence-electron chi connectivity index (χ4n) is 3.69. The van der Waals surface area contributed by atoms with Gasteiger partial charge in [-0.3, -0.25) is 14.5 Å². The number of para-hydroxylation sites is 4. The molecule has 1 aliphatic heterocycles. The number of benzene rings is 2. The van der Waals surface area contributed by atoms with E-state index in [1.54, 1.807) is 18.7 Å². The normalized spacial score (nSPS) is 16.4. The van der Waals surface area contributed by atoms with Crippen molar-refractivity contribution in [2.45, 2.75) is 50.2 Å². The van der Waals surface area contributed by atoms with E-state index in [0.717, 1.165) is 28.4 Å². The lowest BCUT2D eigenvalue weighted by Gasteiger charge is -2.43. The van der Waals surface area contributed by atoms with Gasteiger partial charge in [-0.1, -0.05) is 36.0 Å². The van der Waals surface area contributed by atoms with Crippen LogP contribution < -0.4 is 10.2 Å². The quantitative estimate of drug-likeness (QED) is 0.654. The molecule has 0 fully saturated rings. The number of aryl methyl sites for hydroxylation is 1. The van der Waals surface area contributed by atoms with Crippen LogP contribution in [-0.4, -0.2) is 32.2 Å². The fourth-order valence-corrected chi connectivity index (χ4v) is 4.71. The standard InChI is InChI=1S/C22H24N4O2S/c1-5-25-17-12-8-6-10-15(17)24-21(25)29-14(2)19(27)26-18-13-9-7-11-16(18)23-20(28)22(26,3)4/h6-14H,5H2,1-4H3,(H,23,28). The van der Waals surface area contributed by atoms with Crippen molar-refractivity contribution in [3.63, 3.8) is 0 Å². The van der Waals surface area contributed by atoms with Crippen LogP contribution >= 0.6 is 11.8 Å². The average Bonchev–Trinajstić information content (AvgIpc) is 3.05. The third-order valence-electron chi connectivity index (χ3n) is 5.29. The number of amides is 2. The van der Waals surface area contributed by atoms with E-state index in [0.29, 0.717) is 5.69 Å². The zero-order valence-electron chi connectivity index (χ0n) is 17.0. The van der Waals surface area contributed by atoms with Crippen LogP contribution in [0.2, 0.25) is 0 Å². The van der Waals surface area contributed by atoms with E-state index in [4.69, 9.17) is 4.98 Å². The minimum absolute atomic E-state index is 0.114. The Balaban J connectivity index is 1.69. The Morgan fingerprint density at radius 3 is 2.62 bits per heavy atom. The Kier molecular flexibility index (Phi) is 4.86. The Bertz CT molecular complexity index is 1110. The summed E-state index contributed by atoms with van der Waals surface area (Å²) in [5.74, 6) is -0.306. The van der Waals surface area contributed by atoms with Gasteiger partial charge in [-0.15, -0.1) is 0 Å². The number of imidazole rings is 1. The lowest BCUT2D eigenvalue weighted by molar-refractivity contribution is -0.126. The van der Waals surface area contributed by atoms with E-state index in [1.165, 1.54) is 11.8 Å².